The summed E-state index contributed by atoms with van der Waals surface area (Å²) in [6.45, 7) is 10.7. The highest BCUT2D eigenvalue weighted by molar-refractivity contribution is 5.91. The number of carbonyl (C=O) groups is 2. The minimum atomic E-state index is -0.758. The molecule has 148 valence electrons. The summed E-state index contributed by atoms with van der Waals surface area (Å²) < 4.78 is 19.1. The van der Waals surface area contributed by atoms with Gasteiger partial charge in [0.15, 0.2) is 0 Å². The van der Waals surface area contributed by atoms with Crippen molar-refractivity contribution in [3.05, 3.63) is 0 Å². The highest BCUT2D eigenvalue weighted by atomic mass is 16.6. The Labute approximate surface area is 149 Å². The van der Waals surface area contributed by atoms with E-state index in [-0.39, 0.29) is 13.2 Å². The van der Waals surface area contributed by atoms with E-state index in [0.29, 0.717) is 24.4 Å². The van der Waals surface area contributed by atoms with Crippen LogP contribution in [0.4, 0.5) is 0 Å². The molecule has 2 saturated heterocycles. The molecule has 2 aliphatic rings. The maximum absolute atomic E-state index is 11.0. The monoisotopic (exact) mass is 364 g/mol. The molecule has 6 unspecified atom stereocenters. The predicted octanol–water partition coefficient (Wildman–Crippen LogP) is 0.812. The van der Waals surface area contributed by atoms with Gasteiger partial charge in [-0.1, -0.05) is 0 Å². The molecule has 0 radical (unpaired) electrons. The normalized spacial score (nSPS) is 28.2. The molecule has 2 rings (SSSR count). The summed E-state index contributed by atoms with van der Waals surface area (Å²) in [5.74, 6) is -1.52. The molecule has 2 heterocycles. The average molecular weight is 364 g/mol. The van der Waals surface area contributed by atoms with E-state index in [4.69, 9.17) is 19.7 Å². The van der Waals surface area contributed by atoms with E-state index < -0.39 is 30.6 Å². The van der Waals surface area contributed by atoms with Gasteiger partial charge in [-0.05, 0) is 41.5 Å². The first-order valence-electron chi connectivity index (χ1n) is 8.52. The molecule has 0 aromatic heterocycles. The highest BCUT2D eigenvalue weighted by Crippen LogP contribution is 2.18. The van der Waals surface area contributed by atoms with Gasteiger partial charge in [0.1, 0.15) is 18.6 Å². The topological polar surface area (TPSA) is 118 Å². The number of hydrogen-bond acceptors (Lipinski definition) is 8. The Balaban J connectivity index is 0.000000456. The summed E-state index contributed by atoms with van der Waals surface area (Å²) in [5, 5.41) is 17.1. The Kier molecular flexibility index (Phi) is 11.6. The van der Waals surface area contributed by atoms with Gasteiger partial charge < -0.3 is 29.2 Å². The summed E-state index contributed by atoms with van der Waals surface area (Å²) >= 11 is 0. The van der Waals surface area contributed by atoms with Crippen LogP contribution in [-0.4, -0.2) is 72.0 Å². The van der Waals surface area contributed by atoms with Crippen molar-refractivity contribution in [1.29, 1.82) is 0 Å². The van der Waals surface area contributed by atoms with E-state index in [0.717, 1.165) is 0 Å². The number of hydrogen-bond donors (Lipinski definition) is 2. The first kappa shape index (κ1) is 23.8. The van der Waals surface area contributed by atoms with E-state index in [1.165, 1.54) is 13.8 Å². The van der Waals surface area contributed by atoms with E-state index in [1.54, 1.807) is 0 Å². The Bertz CT molecular complexity index is 352. The molecular formula is C17H32O8. The highest BCUT2D eigenvalue weighted by Gasteiger charge is 2.28. The minimum Gasteiger partial charge on any atom is -0.460 e. The SMILES string of the molecule is CC(CO)OC(=O)CC(=O)OC(C)CO.CC1OC1C.CC1OC1C. The van der Waals surface area contributed by atoms with Crippen molar-refractivity contribution < 1.29 is 38.7 Å². The van der Waals surface area contributed by atoms with Gasteiger partial charge in [-0.3, -0.25) is 9.59 Å². The fourth-order valence-electron chi connectivity index (χ4n) is 1.31. The zero-order valence-electron chi connectivity index (χ0n) is 15.9. The van der Waals surface area contributed by atoms with Crippen molar-refractivity contribution in [3.63, 3.8) is 0 Å². The van der Waals surface area contributed by atoms with Crippen LogP contribution < -0.4 is 0 Å². The molecule has 2 fully saturated rings. The first-order valence-corrected chi connectivity index (χ1v) is 8.52. The van der Waals surface area contributed by atoms with Crippen LogP contribution in [0.25, 0.3) is 0 Å². The van der Waals surface area contributed by atoms with E-state index in [1.807, 2.05) is 0 Å². The lowest BCUT2D eigenvalue weighted by atomic mass is 10.4. The fourth-order valence-corrected chi connectivity index (χ4v) is 1.31. The van der Waals surface area contributed by atoms with Gasteiger partial charge in [0.25, 0.3) is 0 Å². The standard InChI is InChI=1S/C9H16O6.2C4H8O/c1-6(4-10)14-8(12)3-9(13)15-7(2)5-11;2*1-3-4(2)5-3/h6-7,10-11H,3-5H2,1-2H3;2*3-4H,1-2H3. The molecule has 6 atom stereocenters. The quantitative estimate of drug-likeness (QED) is 0.404. The predicted molar refractivity (Wildman–Crippen MR) is 89.9 cm³/mol. The van der Waals surface area contributed by atoms with Gasteiger partial charge in [-0.25, -0.2) is 0 Å². The first-order chi connectivity index (χ1) is 11.6. The smallest absolute Gasteiger partial charge is 0.317 e. The molecule has 0 spiro atoms. The summed E-state index contributed by atoms with van der Waals surface area (Å²) in [7, 11) is 0. The van der Waals surface area contributed by atoms with E-state index >= 15 is 0 Å². The second kappa shape index (κ2) is 12.2. The zero-order chi connectivity index (χ0) is 19.6. The van der Waals surface area contributed by atoms with Crippen molar-refractivity contribution in [2.75, 3.05) is 13.2 Å². The Morgan fingerprint density at radius 3 is 1.20 bits per heavy atom. The van der Waals surface area contributed by atoms with Crippen molar-refractivity contribution in [2.45, 2.75) is 84.6 Å². The molecule has 0 aromatic carbocycles. The molecular weight excluding hydrogens is 332 g/mol. The molecule has 0 aromatic rings. The van der Waals surface area contributed by atoms with Crippen molar-refractivity contribution >= 4 is 11.9 Å². The summed E-state index contributed by atoms with van der Waals surface area (Å²) in [5.41, 5.74) is 0. The average Bonchev–Trinajstić information content (AvgIpc) is 3.39. The Morgan fingerprint density at radius 2 is 1.04 bits per heavy atom. The number of carbonyl (C=O) groups excluding carboxylic acids is 2. The van der Waals surface area contributed by atoms with Gasteiger partial charge in [-0.15, -0.1) is 0 Å². The molecule has 8 nitrogen and oxygen atoms in total. The van der Waals surface area contributed by atoms with Crippen LogP contribution in [0.15, 0.2) is 0 Å². The summed E-state index contributed by atoms with van der Waals surface area (Å²) in [6.07, 6.45) is 0.408. The van der Waals surface area contributed by atoms with Gasteiger partial charge in [0.2, 0.25) is 0 Å². The van der Waals surface area contributed by atoms with E-state index in [9.17, 15) is 9.59 Å². The van der Waals surface area contributed by atoms with E-state index in [2.05, 4.69) is 37.2 Å². The number of aliphatic hydroxyl groups excluding tert-OH is 2. The molecule has 2 aliphatic heterocycles. The van der Waals surface area contributed by atoms with Crippen LogP contribution in [0.5, 0.6) is 0 Å². The van der Waals surface area contributed by atoms with Crippen LogP contribution >= 0.6 is 0 Å². The molecule has 0 aliphatic carbocycles. The largest absolute Gasteiger partial charge is 0.460 e. The lowest BCUT2D eigenvalue weighted by Crippen LogP contribution is -2.24. The van der Waals surface area contributed by atoms with Crippen LogP contribution in [0, 0.1) is 0 Å². The molecule has 0 amide bonds. The Hall–Kier alpha value is -1.22. The van der Waals surface area contributed by atoms with Crippen molar-refractivity contribution in [3.8, 4) is 0 Å². The molecule has 2 N–H and O–H groups in total. The summed E-state index contributed by atoms with van der Waals surface area (Å²) in [4.78, 5) is 22.0. The maximum Gasteiger partial charge on any atom is 0.317 e. The third-order valence-electron chi connectivity index (χ3n) is 3.50. The third-order valence-corrected chi connectivity index (χ3v) is 3.50. The van der Waals surface area contributed by atoms with Gasteiger partial charge in [0.05, 0.1) is 37.6 Å². The number of aliphatic hydroxyl groups is 2. The molecule has 25 heavy (non-hydrogen) atoms. The fraction of sp³-hybridized carbons (Fsp3) is 0.882. The van der Waals surface area contributed by atoms with Crippen molar-refractivity contribution in [1.82, 2.24) is 0 Å². The minimum absolute atomic E-state index is 0.298. The lowest BCUT2D eigenvalue weighted by molar-refractivity contribution is -0.161. The molecule has 0 saturated carbocycles. The van der Waals surface area contributed by atoms with Gasteiger partial charge >= 0.3 is 11.9 Å². The third kappa shape index (κ3) is 13.7. The molecule has 0 bridgehead atoms. The van der Waals surface area contributed by atoms with Crippen LogP contribution in [0.3, 0.4) is 0 Å². The van der Waals surface area contributed by atoms with Gasteiger partial charge in [-0.2, -0.15) is 0 Å². The lowest BCUT2D eigenvalue weighted by Gasteiger charge is -2.12. The number of ether oxygens (including phenoxy) is 4. The second-order valence-corrected chi connectivity index (χ2v) is 6.24. The number of rotatable bonds is 6. The number of epoxide rings is 2. The molecule has 8 heteroatoms. The maximum atomic E-state index is 11.0. The van der Waals surface area contributed by atoms with Crippen LogP contribution in [0.1, 0.15) is 48.0 Å². The Morgan fingerprint density at radius 1 is 0.800 bits per heavy atom. The summed E-state index contributed by atoms with van der Waals surface area (Å²) in [6, 6.07) is 0. The van der Waals surface area contributed by atoms with Crippen LogP contribution in [-0.2, 0) is 28.5 Å². The second-order valence-electron chi connectivity index (χ2n) is 6.24. The zero-order valence-corrected chi connectivity index (χ0v) is 15.9. The van der Waals surface area contributed by atoms with Crippen LogP contribution in [0.2, 0.25) is 0 Å². The van der Waals surface area contributed by atoms with Crippen molar-refractivity contribution in [2.24, 2.45) is 0 Å². The van der Waals surface area contributed by atoms with Gasteiger partial charge in [0, 0.05) is 0 Å². The number of esters is 2.